The maximum absolute atomic E-state index is 12.2. The van der Waals surface area contributed by atoms with Crippen LogP contribution in [0.25, 0.3) is 0 Å². The van der Waals surface area contributed by atoms with Gasteiger partial charge in [-0.3, -0.25) is 4.79 Å². The van der Waals surface area contributed by atoms with Crippen molar-refractivity contribution in [2.45, 2.75) is 38.9 Å². The third-order valence-electron chi connectivity index (χ3n) is 4.05. The molecule has 1 atom stereocenters. The summed E-state index contributed by atoms with van der Waals surface area (Å²) in [6.07, 6.45) is 3.84. The minimum absolute atomic E-state index is 0.0841. The largest absolute Gasteiger partial charge is 0.489 e. The Labute approximate surface area is 153 Å². The van der Waals surface area contributed by atoms with Gasteiger partial charge in [0.05, 0.1) is 23.5 Å². The molecule has 1 fully saturated rings. The van der Waals surface area contributed by atoms with Crippen LogP contribution in [0.1, 0.15) is 37.0 Å². The molecule has 0 aliphatic carbocycles. The molecule has 0 saturated carbocycles. The van der Waals surface area contributed by atoms with Crippen LogP contribution in [0.5, 0.6) is 5.75 Å². The Morgan fingerprint density at radius 1 is 1.31 bits per heavy atom. The molecule has 2 aromatic rings. The zero-order chi connectivity index (χ0) is 18.4. The Morgan fingerprint density at radius 2 is 2.15 bits per heavy atom. The van der Waals surface area contributed by atoms with E-state index in [2.05, 4.69) is 15.6 Å². The number of carbonyl (C=O) groups is 1. The van der Waals surface area contributed by atoms with E-state index in [1.165, 1.54) is 0 Å². The van der Waals surface area contributed by atoms with Gasteiger partial charge in [0.25, 0.3) is 5.91 Å². The topological polar surface area (TPSA) is 72.5 Å². The number of carbonyl (C=O) groups excluding carboxylic acids is 1. The lowest BCUT2D eigenvalue weighted by atomic mass is 10.2. The first kappa shape index (κ1) is 18.2. The number of rotatable bonds is 7. The van der Waals surface area contributed by atoms with Crippen molar-refractivity contribution in [3.8, 4) is 5.75 Å². The maximum atomic E-state index is 12.2. The van der Waals surface area contributed by atoms with Gasteiger partial charge in [-0.2, -0.15) is 0 Å². The van der Waals surface area contributed by atoms with E-state index in [0.717, 1.165) is 30.9 Å². The molecule has 2 heterocycles. The molecule has 1 aromatic heterocycles. The number of pyridine rings is 1. The van der Waals surface area contributed by atoms with E-state index in [0.29, 0.717) is 17.9 Å². The van der Waals surface area contributed by atoms with Gasteiger partial charge in [-0.25, -0.2) is 4.98 Å². The summed E-state index contributed by atoms with van der Waals surface area (Å²) in [5.74, 6) is 1.28. The van der Waals surface area contributed by atoms with E-state index >= 15 is 0 Å². The van der Waals surface area contributed by atoms with Crippen LogP contribution in [0.2, 0.25) is 0 Å². The molecule has 1 aromatic carbocycles. The van der Waals surface area contributed by atoms with Crippen molar-refractivity contribution in [2.75, 3.05) is 18.5 Å². The quantitative estimate of drug-likeness (QED) is 0.795. The molecule has 1 aliphatic heterocycles. The number of anilines is 2. The molecular weight excluding hydrogens is 330 g/mol. The lowest BCUT2D eigenvalue weighted by molar-refractivity contribution is 0.0857. The normalized spacial score (nSPS) is 16.5. The first-order chi connectivity index (χ1) is 12.6. The predicted molar refractivity (Wildman–Crippen MR) is 101 cm³/mol. The number of nitrogens with zero attached hydrogens (tertiary/aromatic N) is 1. The summed E-state index contributed by atoms with van der Waals surface area (Å²) in [5.41, 5.74) is 1.37. The summed E-state index contributed by atoms with van der Waals surface area (Å²) >= 11 is 0. The number of benzene rings is 1. The number of nitrogens with one attached hydrogen (secondary N) is 2. The standard InChI is InChI=1S/C20H25N3O3/c1-14(2)26-18-8-4-3-7-17(18)23-19-10-9-15(12-21-19)20(24)22-13-16-6-5-11-25-16/h3-4,7-10,12,14,16H,5-6,11,13H2,1-2H3,(H,21,23)(H,22,24). The zero-order valence-corrected chi connectivity index (χ0v) is 15.2. The zero-order valence-electron chi connectivity index (χ0n) is 15.2. The molecule has 0 radical (unpaired) electrons. The van der Waals surface area contributed by atoms with Crippen molar-refractivity contribution in [2.24, 2.45) is 0 Å². The number of hydrogen-bond donors (Lipinski definition) is 2. The number of ether oxygens (including phenoxy) is 2. The van der Waals surface area contributed by atoms with Gasteiger partial charge >= 0.3 is 0 Å². The van der Waals surface area contributed by atoms with E-state index in [-0.39, 0.29) is 18.1 Å². The number of aromatic nitrogens is 1. The van der Waals surface area contributed by atoms with E-state index in [9.17, 15) is 4.79 Å². The van der Waals surface area contributed by atoms with Crippen LogP contribution in [-0.2, 0) is 4.74 Å². The molecule has 6 heteroatoms. The molecule has 1 saturated heterocycles. The molecule has 0 bridgehead atoms. The average molecular weight is 355 g/mol. The third-order valence-corrected chi connectivity index (χ3v) is 4.05. The number of hydrogen-bond acceptors (Lipinski definition) is 5. The highest BCUT2D eigenvalue weighted by atomic mass is 16.5. The van der Waals surface area contributed by atoms with E-state index in [1.54, 1.807) is 18.3 Å². The Balaban J connectivity index is 1.60. The van der Waals surface area contributed by atoms with Crippen molar-refractivity contribution >= 4 is 17.4 Å². The summed E-state index contributed by atoms with van der Waals surface area (Å²) < 4.78 is 11.3. The van der Waals surface area contributed by atoms with Crippen LogP contribution < -0.4 is 15.4 Å². The molecule has 2 N–H and O–H groups in total. The number of amides is 1. The van der Waals surface area contributed by atoms with Crippen molar-refractivity contribution in [1.29, 1.82) is 0 Å². The van der Waals surface area contributed by atoms with Crippen molar-refractivity contribution in [3.05, 3.63) is 48.2 Å². The average Bonchev–Trinajstić information content (AvgIpc) is 3.15. The van der Waals surface area contributed by atoms with Gasteiger partial charge < -0.3 is 20.1 Å². The molecule has 0 spiro atoms. The summed E-state index contributed by atoms with van der Waals surface area (Å²) in [5, 5.41) is 6.13. The van der Waals surface area contributed by atoms with Gasteiger partial charge in [0.15, 0.2) is 0 Å². The van der Waals surface area contributed by atoms with Gasteiger partial charge in [0.2, 0.25) is 0 Å². The maximum Gasteiger partial charge on any atom is 0.252 e. The predicted octanol–water partition coefficient (Wildman–Crippen LogP) is 3.52. The highest BCUT2D eigenvalue weighted by Crippen LogP contribution is 2.27. The second kappa shape index (κ2) is 8.67. The lowest BCUT2D eigenvalue weighted by Crippen LogP contribution is -2.31. The highest BCUT2D eigenvalue weighted by Gasteiger charge is 2.16. The summed E-state index contributed by atoms with van der Waals surface area (Å²) in [4.78, 5) is 16.5. The summed E-state index contributed by atoms with van der Waals surface area (Å²) in [7, 11) is 0. The Morgan fingerprint density at radius 3 is 2.85 bits per heavy atom. The minimum Gasteiger partial charge on any atom is -0.489 e. The van der Waals surface area contributed by atoms with Gasteiger partial charge in [-0.05, 0) is 51.0 Å². The van der Waals surface area contributed by atoms with Crippen LogP contribution in [0.4, 0.5) is 11.5 Å². The fourth-order valence-electron chi connectivity index (χ4n) is 2.78. The van der Waals surface area contributed by atoms with Crippen molar-refractivity contribution in [1.82, 2.24) is 10.3 Å². The van der Waals surface area contributed by atoms with Gasteiger partial charge in [0.1, 0.15) is 11.6 Å². The van der Waals surface area contributed by atoms with Gasteiger partial charge in [-0.15, -0.1) is 0 Å². The highest BCUT2D eigenvalue weighted by molar-refractivity contribution is 5.94. The van der Waals surface area contributed by atoms with Crippen LogP contribution in [-0.4, -0.2) is 36.3 Å². The van der Waals surface area contributed by atoms with E-state index in [4.69, 9.17) is 9.47 Å². The van der Waals surface area contributed by atoms with Gasteiger partial charge in [-0.1, -0.05) is 12.1 Å². The Kier molecular flexibility index (Phi) is 6.07. The van der Waals surface area contributed by atoms with Crippen LogP contribution in [0, 0.1) is 0 Å². The van der Waals surface area contributed by atoms with E-state index < -0.39 is 0 Å². The third kappa shape index (κ3) is 4.95. The smallest absolute Gasteiger partial charge is 0.252 e. The van der Waals surface area contributed by atoms with E-state index in [1.807, 2.05) is 38.1 Å². The molecule has 138 valence electrons. The molecule has 1 amide bonds. The molecule has 3 rings (SSSR count). The van der Waals surface area contributed by atoms with Gasteiger partial charge in [0, 0.05) is 19.3 Å². The Bertz CT molecular complexity index is 725. The SMILES string of the molecule is CC(C)Oc1ccccc1Nc1ccc(C(=O)NCC2CCCO2)cn1. The first-order valence-electron chi connectivity index (χ1n) is 9.00. The monoisotopic (exact) mass is 355 g/mol. The first-order valence-corrected chi connectivity index (χ1v) is 9.00. The number of para-hydroxylation sites is 2. The van der Waals surface area contributed by atoms with Crippen molar-refractivity contribution < 1.29 is 14.3 Å². The fraction of sp³-hybridized carbons (Fsp3) is 0.400. The minimum atomic E-state index is -0.136. The Hall–Kier alpha value is -2.60. The molecule has 6 nitrogen and oxygen atoms in total. The second-order valence-electron chi connectivity index (χ2n) is 6.56. The molecule has 1 aliphatic rings. The summed E-state index contributed by atoms with van der Waals surface area (Å²) in [6.45, 7) is 5.29. The van der Waals surface area contributed by atoms with Crippen LogP contribution >= 0.6 is 0 Å². The molecular formula is C20H25N3O3. The molecule has 26 heavy (non-hydrogen) atoms. The molecule has 1 unspecified atom stereocenters. The van der Waals surface area contributed by atoms with Crippen LogP contribution in [0.15, 0.2) is 42.6 Å². The lowest BCUT2D eigenvalue weighted by Gasteiger charge is -2.15. The second-order valence-corrected chi connectivity index (χ2v) is 6.56. The summed E-state index contributed by atoms with van der Waals surface area (Å²) in [6, 6.07) is 11.2. The van der Waals surface area contributed by atoms with Crippen LogP contribution in [0.3, 0.4) is 0 Å². The van der Waals surface area contributed by atoms with Crippen molar-refractivity contribution in [3.63, 3.8) is 0 Å². The fourth-order valence-corrected chi connectivity index (χ4v) is 2.78.